The summed E-state index contributed by atoms with van der Waals surface area (Å²) in [5, 5.41) is 15.1. The van der Waals surface area contributed by atoms with Gasteiger partial charge in [0.2, 0.25) is 0 Å². The zero-order valence-electron chi connectivity index (χ0n) is 14.1. The molecule has 0 spiro atoms. The smallest absolute Gasteiger partial charge is 0.267 e. The van der Waals surface area contributed by atoms with Crippen LogP contribution in [-0.4, -0.2) is 5.91 Å². The molecule has 0 atom stereocenters. The van der Waals surface area contributed by atoms with Gasteiger partial charge in [0, 0.05) is 17.6 Å². The molecule has 0 radical (unpaired) electrons. The Morgan fingerprint density at radius 2 is 1.83 bits per heavy atom. The lowest BCUT2D eigenvalue weighted by atomic mass is 9.98. The highest BCUT2D eigenvalue weighted by Gasteiger charge is 2.15. The second kappa shape index (κ2) is 7.98. The van der Waals surface area contributed by atoms with E-state index in [0.717, 1.165) is 22.5 Å². The predicted molar refractivity (Wildman–Crippen MR) is 97.7 cm³/mol. The van der Waals surface area contributed by atoms with E-state index in [1.54, 1.807) is 0 Å². The van der Waals surface area contributed by atoms with Crippen molar-refractivity contribution in [3.63, 3.8) is 0 Å². The average Bonchev–Trinajstić information content (AvgIpc) is 2.58. The Labute approximate surface area is 142 Å². The maximum atomic E-state index is 12.5. The van der Waals surface area contributed by atoms with E-state index in [2.05, 4.69) is 24.5 Å². The van der Waals surface area contributed by atoms with E-state index in [1.807, 2.05) is 61.5 Å². The molecule has 2 rings (SSSR count). The molecule has 0 saturated carbocycles. The Morgan fingerprint density at radius 1 is 1.12 bits per heavy atom. The van der Waals surface area contributed by atoms with Gasteiger partial charge in [-0.2, -0.15) is 5.26 Å². The lowest BCUT2D eigenvalue weighted by molar-refractivity contribution is -0.112. The van der Waals surface area contributed by atoms with Crippen molar-refractivity contribution in [3.05, 3.63) is 71.4 Å². The normalized spacial score (nSPS) is 11.0. The largest absolute Gasteiger partial charge is 0.360 e. The quantitative estimate of drug-likeness (QED) is 0.626. The molecule has 0 bridgehead atoms. The number of hydrogen-bond donors (Lipinski definition) is 2. The van der Waals surface area contributed by atoms with E-state index in [-0.39, 0.29) is 11.5 Å². The number of nitrogens with one attached hydrogen (secondary N) is 2. The number of benzene rings is 2. The monoisotopic (exact) mass is 319 g/mol. The second-order valence-electron chi connectivity index (χ2n) is 5.83. The van der Waals surface area contributed by atoms with Gasteiger partial charge in [-0.3, -0.25) is 4.79 Å². The summed E-state index contributed by atoms with van der Waals surface area (Å²) in [6, 6.07) is 17.2. The van der Waals surface area contributed by atoms with Crippen LogP contribution in [0.2, 0.25) is 0 Å². The summed E-state index contributed by atoms with van der Waals surface area (Å²) in [7, 11) is 0. The van der Waals surface area contributed by atoms with Crippen molar-refractivity contribution in [2.75, 3.05) is 10.6 Å². The number of aryl methyl sites for hydroxylation is 1. The van der Waals surface area contributed by atoms with E-state index in [1.165, 1.54) is 6.20 Å². The van der Waals surface area contributed by atoms with Gasteiger partial charge in [0.1, 0.15) is 11.6 Å². The zero-order chi connectivity index (χ0) is 17.5. The third kappa shape index (κ3) is 4.23. The van der Waals surface area contributed by atoms with Crippen LogP contribution in [0.5, 0.6) is 0 Å². The van der Waals surface area contributed by atoms with Crippen molar-refractivity contribution in [3.8, 4) is 6.07 Å². The molecule has 0 saturated heterocycles. The molecule has 0 unspecified atom stereocenters. The molecular weight excluding hydrogens is 298 g/mol. The fourth-order valence-electron chi connectivity index (χ4n) is 2.36. The molecule has 0 fully saturated rings. The van der Waals surface area contributed by atoms with E-state index in [4.69, 9.17) is 0 Å². The van der Waals surface area contributed by atoms with E-state index in [9.17, 15) is 10.1 Å². The van der Waals surface area contributed by atoms with Gasteiger partial charge < -0.3 is 10.6 Å². The molecule has 0 aromatic heterocycles. The van der Waals surface area contributed by atoms with Gasteiger partial charge in [0.25, 0.3) is 5.91 Å². The Morgan fingerprint density at radius 3 is 2.46 bits per heavy atom. The Balaban J connectivity index is 2.20. The number of para-hydroxylation sites is 2. The van der Waals surface area contributed by atoms with Gasteiger partial charge in [-0.15, -0.1) is 0 Å². The first-order valence-corrected chi connectivity index (χ1v) is 7.85. The Hall–Kier alpha value is -3.06. The summed E-state index contributed by atoms with van der Waals surface area (Å²) in [4.78, 5) is 12.5. The summed E-state index contributed by atoms with van der Waals surface area (Å²) in [5.41, 5.74) is 3.64. The standard InChI is InChI=1S/C20H21N3O/c1-14(2)18-11-7-8-15(3)19(18)23-20(24)16(12-21)13-22-17-9-5-4-6-10-17/h4-11,13-14,22H,1-3H3,(H,23,24)/b16-13-. The number of anilines is 2. The molecule has 0 aliphatic carbocycles. The first-order valence-electron chi connectivity index (χ1n) is 7.85. The number of rotatable bonds is 5. The number of amides is 1. The van der Waals surface area contributed by atoms with Crippen LogP contribution >= 0.6 is 0 Å². The van der Waals surface area contributed by atoms with Crippen molar-refractivity contribution < 1.29 is 4.79 Å². The van der Waals surface area contributed by atoms with Crippen molar-refractivity contribution in [2.24, 2.45) is 0 Å². The van der Waals surface area contributed by atoms with Crippen LogP contribution in [0.3, 0.4) is 0 Å². The second-order valence-corrected chi connectivity index (χ2v) is 5.83. The SMILES string of the molecule is Cc1cccc(C(C)C)c1NC(=O)/C(C#N)=C\Nc1ccccc1. The summed E-state index contributed by atoms with van der Waals surface area (Å²) in [6.07, 6.45) is 1.43. The number of nitrogens with zero attached hydrogens (tertiary/aromatic N) is 1. The maximum Gasteiger partial charge on any atom is 0.267 e. The molecule has 2 N–H and O–H groups in total. The maximum absolute atomic E-state index is 12.5. The summed E-state index contributed by atoms with van der Waals surface area (Å²) < 4.78 is 0. The first kappa shape index (κ1) is 17.3. The molecule has 2 aromatic carbocycles. The third-order valence-electron chi connectivity index (χ3n) is 3.69. The van der Waals surface area contributed by atoms with Gasteiger partial charge in [0.15, 0.2) is 0 Å². The summed E-state index contributed by atoms with van der Waals surface area (Å²) >= 11 is 0. The molecule has 0 heterocycles. The van der Waals surface area contributed by atoms with Crippen LogP contribution in [0.15, 0.2) is 60.3 Å². The zero-order valence-corrected chi connectivity index (χ0v) is 14.1. The summed E-state index contributed by atoms with van der Waals surface area (Å²) in [5.74, 6) is -0.144. The number of hydrogen-bond acceptors (Lipinski definition) is 3. The van der Waals surface area contributed by atoms with Gasteiger partial charge in [-0.05, 0) is 36.1 Å². The number of carbonyl (C=O) groups is 1. The molecule has 122 valence electrons. The van der Waals surface area contributed by atoms with Crippen LogP contribution in [0.4, 0.5) is 11.4 Å². The minimum Gasteiger partial charge on any atom is -0.360 e. The highest BCUT2D eigenvalue weighted by atomic mass is 16.1. The van der Waals surface area contributed by atoms with Crippen LogP contribution in [0.25, 0.3) is 0 Å². The van der Waals surface area contributed by atoms with Gasteiger partial charge in [-0.25, -0.2) is 0 Å². The molecule has 0 aliphatic rings. The molecule has 4 heteroatoms. The first-order chi connectivity index (χ1) is 11.5. The fourth-order valence-corrected chi connectivity index (χ4v) is 2.36. The van der Waals surface area contributed by atoms with E-state index < -0.39 is 5.91 Å². The van der Waals surface area contributed by atoms with Crippen molar-refractivity contribution in [2.45, 2.75) is 26.7 Å². The van der Waals surface area contributed by atoms with Crippen molar-refractivity contribution >= 4 is 17.3 Å². The molecule has 2 aromatic rings. The lowest BCUT2D eigenvalue weighted by Crippen LogP contribution is -2.17. The number of nitriles is 1. The van der Waals surface area contributed by atoms with E-state index in [0.29, 0.717) is 0 Å². The number of carbonyl (C=O) groups excluding carboxylic acids is 1. The van der Waals surface area contributed by atoms with Gasteiger partial charge >= 0.3 is 0 Å². The highest BCUT2D eigenvalue weighted by Crippen LogP contribution is 2.27. The molecule has 0 aliphatic heterocycles. The van der Waals surface area contributed by atoms with Crippen LogP contribution < -0.4 is 10.6 Å². The van der Waals surface area contributed by atoms with Crippen molar-refractivity contribution in [1.29, 1.82) is 5.26 Å². The molecule has 1 amide bonds. The van der Waals surface area contributed by atoms with Crippen molar-refractivity contribution in [1.82, 2.24) is 0 Å². The third-order valence-corrected chi connectivity index (χ3v) is 3.69. The Kier molecular flexibility index (Phi) is 5.75. The topological polar surface area (TPSA) is 64.9 Å². The summed E-state index contributed by atoms with van der Waals surface area (Å²) in [6.45, 7) is 6.09. The fraction of sp³-hybridized carbons (Fsp3) is 0.200. The van der Waals surface area contributed by atoms with E-state index >= 15 is 0 Å². The minimum atomic E-state index is -0.419. The lowest BCUT2D eigenvalue weighted by Gasteiger charge is -2.16. The minimum absolute atomic E-state index is 0.0248. The highest BCUT2D eigenvalue weighted by molar-refractivity contribution is 6.07. The molecular formula is C20H21N3O. The van der Waals surface area contributed by atoms with Gasteiger partial charge in [-0.1, -0.05) is 50.2 Å². The predicted octanol–water partition coefficient (Wildman–Crippen LogP) is 4.58. The van der Waals surface area contributed by atoms with Crippen LogP contribution in [0.1, 0.15) is 30.9 Å². The molecule has 24 heavy (non-hydrogen) atoms. The molecule has 4 nitrogen and oxygen atoms in total. The van der Waals surface area contributed by atoms with Gasteiger partial charge in [0.05, 0.1) is 0 Å². The van der Waals surface area contributed by atoms with Crippen LogP contribution in [-0.2, 0) is 4.79 Å². The Bertz CT molecular complexity index is 786. The van der Waals surface area contributed by atoms with Crippen LogP contribution in [0, 0.1) is 18.3 Å². The average molecular weight is 319 g/mol.